The number of ether oxygens (including phenoxy) is 5. The van der Waals surface area contributed by atoms with Gasteiger partial charge in [-0.05, 0) is 30.2 Å². The van der Waals surface area contributed by atoms with Gasteiger partial charge in [-0.1, -0.05) is 35.3 Å². The summed E-state index contributed by atoms with van der Waals surface area (Å²) in [6.07, 6.45) is 2.26. The Balaban J connectivity index is 2.40. The molecule has 0 atom stereocenters. The summed E-state index contributed by atoms with van der Waals surface area (Å²) in [6.45, 7) is 2.40. The van der Waals surface area contributed by atoms with E-state index in [2.05, 4.69) is 22.9 Å². The monoisotopic (exact) mass is 531 g/mol. The molecule has 0 N–H and O–H groups in total. The highest BCUT2D eigenvalue weighted by molar-refractivity contribution is 9.09. The van der Waals surface area contributed by atoms with E-state index in [1.165, 1.54) is 0 Å². The van der Waals surface area contributed by atoms with Crippen LogP contribution in [0, 0.1) is 0 Å². The number of aryl methyl sites for hydroxylation is 1. The number of hydrogen-bond acceptors (Lipinski definition) is 7. The number of carbonyl (C=O) groups excluding carboxylic acids is 1. The minimum absolute atomic E-state index is 0.346. The zero-order valence-electron chi connectivity index (χ0n) is 20.2. The molecule has 3 aromatic rings. The molecule has 0 aliphatic carbocycles. The summed E-state index contributed by atoms with van der Waals surface area (Å²) < 4.78 is 27.7. The predicted molar refractivity (Wildman–Crippen MR) is 136 cm³/mol. The van der Waals surface area contributed by atoms with Gasteiger partial charge in [-0.3, -0.25) is 4.98 Å². The first-order valence-corrected chi connectivity index (χ1v) is 12.2. The van der Waals surface area contributed by atoms with Crippen LogP contribution < -0.4 is 18.9 Å². The molecule has 0 aliphatic rings. The second-order valence-electron chi connectivity index (χ2n) is 7.53. The molecule has 8 heteroatoms. The number of fused-ring (bicyclic) bond motifs is 1. The highest BCUT2D eigenvalue weighted by atomic mass is 79.9. The lowest BCUT2D eigenvalue weighted by Crippen LogP contribution is -2.14. The maximum Gasteiger partial charge on any atom is 0.340 e. The number of methoxy groups -OCH3 is 4. The molecule has 0 bridgehead atoms. The van der Waals surface area contributed by atoms with E-state index < -0.39 is 5.97 Å². The SMILES string of the molecule is CCCCOC(=O)c1c(CCBr)nc2cc(OC)c(OC)cc2c1-c1ccc(OC)c(OC)c1. The van der Waals surface area contributed by atoms with Crippen molar-refractivity contribution in [2.45, 2.75) is 26.2 Å². The van der Waals surface area contributed by atoms with Crippen LogP contribution in [0.4, 0.5) is 0 Å². The summed E-state index contributed by atoms with van der Waals surface area (Å²) in [5.41, 5.74) is 3.23. The molecule has 1 heterocycles. The number of carbonyl (C=O) groups is 1. The summed E-state index contributed by atoms with van der Waals surface area (Å²) >= 11 is 3.50. The normalized spacial score (nSPS) is 10.8. The fourth-order valence-corrected chi connectivity index (χ4v) is 4.18. The average molecular weight is 532 g/mol. The molecule has 1 aromatic heterocycles. The van der Waals surface area contributed by atoms with Gasteiger partial charge in [0.1, 0.15) is 0 Å². The third-order valence-corrected chi connectivity index (χ3v) is 5.90. The summed E-state index contributed by atoms with van der Waals surface area (Å²) in [7, 11) is 6.32. The number of pyridine rings is 1. The maximum atomic E-state index is 13.4. The maximum absolute atomic E-state index is 13.4. The van der Waals surface area contributed by atoms with E-state index in [4.69, 9.17) is 28.7 Å². The smallest absolute Gasteiger partial charge is 0.340 e. The van der Waals surface area contributed by atoms with Crippen LogP contribution in [-0.2, 0) is 11.2 Å². The minimum atomic E-state index is -0.404. The Bertz CT molecular complexity index is 1160. The summed E-state index contributed by atoms with van der Waals surface area (Å²) in [6, 6.07) is 9.23. The number of halogens is 1. The predicted octanol–water partition coefficient (Wildman–Crippen LogP) is 5.83. The highest BCUT2D eigenvalue weighted by Gasteiger charge is 2.25. The Morgan fingerprint density at radius 2 is 1.56 bits per heavy atom. The van der Waals surface area contributed by atoms with E-state index in [1.54, 1.807) is 28.4 Å². The van der Waals surface area contributed by atoms with Crippen LogP contribution in [0.15, 0.2) is 30.3 Å². The third-order valence-electron chi connectivity index (χ3n) is 5.50. The number of unbranched alkanes of at least 4 members (excludes halogenated alkanes) is 1. The molecule has 7 nitrogen and oxygen atoms in total. The molecule has 34 heavy (non-hydrogen) atoms. The van der Waals surface area contributed by atoms with E-state index in [9.17, 15) is 4.79 Å². The molecule has 0 saturated carbocycles. The van der Waals surface area contributed by atoms with Crippen molar-refractivity contribution in [3.63, 3.8) is 0 Å². The van der Waals surface area contributed by atoms with E-state index in [-0.39, 0.29) is 0 Å². The Morgan fingerprint density at radius 3 is 2.18 bits per heavy atom. The van der Waals surface area contributed by atoms with Crippen LogP contribution in [0.3, 0.4) is 0 Å². The topological polar surface area (TPSA) is 76.1 Å². The number of hydrogen-bond donors (Lipinski definition) is 0. The lowest BCUT2D eigenvalue weighted by atomic mass is 9.92. The van der Waals surface area contributed by atoms with Gasteiger partial charge in [0.15, 0.2) is 23.0 Å². The Labute approximate surface area is 208 Å². The summed E-state index contributed by atoms with van der Waals surface area (Å²) in [5.74, 6) is 1.84. The first-order valence-electron chi connectivity index (χ1n) is 11.1. The van der Waals surface area contributed by atoms with Gasteiger partial charge in [0.05, 0.1) is 51.8 Å². The standard InChI is InChI=1S/C26H30BrNO6/c1-6-7-12-34-26(29)25-18(10-11-27)28-19-15-23(33-5)22(32-4)14-17(19)24(25)16-8-9-20(30-2)21(13-16)31-3/h8-9,13-15H,6-7,10-12H2,1-5H3. The van der Waals surface area contributed by atoms with Gasteiger partial charge in [0.25, 0.3) is 0 Å². The van der Waals surface area contributed by atoms with Gasteiger partial charge in [0, 0.05) is 28.8 Å². The molecule has 0 saturated heterocycles. The second kappa shape index (κ2) is 11.9. The quantitative estimate of drug-likeness (QED) is 0.175. The molecule has 0 fully saturated rings. The molecular weight excluding hydrogens is 502 g/mol. The number of esters is 1. The van der Waals surface area contributed by atoms with Crippen molar-refractivity contribution >= 4 is 32.8 Å². The number of rotatable bonds is 11. The van der Waals surface area contributed by atoms with E-state index >= 15 is 0 Å². The Hall–Kier alpha value is -3.00. The van der Waals surface area contributed by atoms with Crippen LogP contribution in [0.25, 0.3) is 22.0 Å². The largest absolute Gasteiger partial charge is 0.493 e. The third kappa shape index (κ3) is 5.22. The van der Waals surface area contributed by atoms with Gasteiger partial charge < -0.3 is 23.7 Å². The summed E-state index contributed by atoms with van der Waals surface area (Å²) in [5, 5.41) is 1.38. The van der Waals surface area contributed by atoms with Crippen molar-refractivity contribution in [1.29, 1.82) is 0 Å². The van der Waals surface area contributed by atoms with Gasteiger partial charge in [0.2, 0.25) is 0 Å². The molecule has 2 aromatic carbocycles. The number of aromatic nitrogens is 1. The number of nitrogens with zero attached hydrogens (tertiary/aromatic N) is 1. The second-order valence-corrected chi connectivity index (χ2v) is 8.32. The van der Waals surface area contributed by atoms with E-state index in [0.29, 0.717) is 63.7 Å². The van der Waals surface area contributed by atoms with Crippen LogP contribution in [0.2, 0.25) is 0 Å². The summed E-state index contributed by atoms with van der Waals surface area (Å²) in [4.78, 5) is 18.3. The minimum Gasteiger partial charge on any atom is -0.493 e. The van der Waals surface area contributed by atoms with Crippen LogP contribution in [-0.4, -0.2) is 51.3 Å². The fourth-order valence-electron chi connectivity index (χ4n) is 3.80. The molecule has 0 amide bonds. The van der Waals surface area contributed by atoms with Gasteiger partial charge in [-0.25, -0.2) is 4.79 Å². The molecule has 182 valence electrons. The lowest BCUT2D eigenvalue weighted by molar-refractivity contribution is 0.0499. The Morgan fingerprint density at radius 1 is 0.912 bits per heavy atom. The lowest BCUT2D eigenvalue weighted by Gasteiger charge is -2.19. The fraction of sp³-hybridized carbons (Fsp3) is 0.385. The average Bonchev–Trinajstić information content (AvgIpc) is 2.86. The number of benzene rings is 2. The van der Waals surface area contributed by atoms with E-state index in [0.717, 1.165) is 23.8 Å². The first kappa shape index (κ1) is 25.6. The van der Waals surface area contributed by atoms with Crippen LogP contribution in [0.5, 0.6) is 23.0 Å². The molecule has 0 aliphatic heterocycles. The molecule has 0 spiro atoms. The van der Waals surface area contributed by atoms with Crippen molar-refractivity contribution in [2.24, 2.45) is 0 Å². The van der Waals surface area contributed by atoms with Crippen molar-refractivity contribution in [3.05, 3.63) is 41.6 Å². The molecule has 3 rings (SSSR count). The van der Waals surface area contributed by atoms with Gasteiger partial charge in [-0.15, -0.1) is 0 Å². The van der Waals surface area contributed by atoms with Gasteiger partial charge in [-0.2, -0.15) is 0 Å². The Kier molecular flexibility index (Phi) is 8.98. The number of alkyl halides is 1. The van der Waals surface area contributed by atoms with Crippen LogP contribution in [0.1, 0.15) is 35.8 Å². The van der Waals surface area contributed by atoms with Crippen molar-refractivity contribution in [3.8, 4) is 34.1 Å². The highest BCUT2D eigenvalue weighted by Crippen LogP contribution is 2.42. The molecular formula is C26H30BrNO6. The zero-order valence-corrected chi connectivity index (χ0v) is 21.8. The van der Waals surface area contributed by atoms with Crippen molar-refractivity contribution in [1.82, 2.24) is 4.98 Å². The first-order chi connectivity index (χ1) is 16.5. The molecule has 0 unspecified atom stereocenters. The van der Waals surface area contributed by atoms with Crippen molar-refractivity contribution < 1.29 is 28.5 Å². The van der Waals surface area contributed by atoms with Gasteiger partial charge >= 0.3 is 5.97 Å². The van der Waals surface area contributed by atoms with Crippen molar-refractivity contribution in [2.75, 3.05) is 40.4 Å². The van der Waals surface area contributed by atoms with Crippen LogP contribution >= 0.6 is 15.9 Å². The van der Waals surface area contributed by atoms with E-state index in [1.807, 2.05) is 30.3 Å². The molecule has 0 radical (unpaired) electrons. The zero-order chi connectivity index (χ0) is 24.7.